The van der Waals surface area contributed by atoms with Crippen molar-refractivity contribution in [2.75, 3.05) is 39.4 Å². The molecule has 0 radical (unpaired) electrons. The van der Waals surface area contributed by atoms with Gasteiger partial charge in [0.25, 0.3) is 0 Å². The molecule has 0 saturated carbocycles. The third-order valence-electron chi connectivity index (χ3n) is 5.24. The van der Waals surface area contributed by atoms with Crippen molar-refractivity contribution in [1.82, 2.24) is 15.2 Å². The maximum atomic E-state index is 12.1. The number of pyridine rings is 1. The number of carbonyl (C=O) groups excluding carboxylic acids is 1. The van der Waals surface area contributed by atoms with E-state index in [1.807, 2.05) is 0 Å². The smallest absolute Gasteiger partial charge is 0.223 e. The molecule has 2 saturated heterocycles. The average Bonchev–Trinajstić information content (AvgIpc) is 2.63. The minimum atomic E-state index is 0.150. The molecule has 3 heterocycles. The van der Waals surface area contributed by atoms with Crippen LogP contribution in [0.5, 0.6) is 0 Å². The Bertz CT molecular complexity index is 535. The van der Waals surface area contributed by atoms with E-state index in [1.54, 1.807) is 0 Å². The van der Waals surface area contributed by atoms with Gasteiger partial charge in [-0.25, -0.2) is 0 Å². The summed E-state index contributed by atoms with van der Waals surface area (Å²) in [5.41, 5.74) is 2.34. The van der Waals surface area contributed by atoms with Crippen LogP contribution in [0.2, 0.25) is 0 Å². The molecule has 24 heavy (non-hydrogen) atoms. The highest BCUT2D eigenvalue weighted by Crippen LogP contribution is 2.26. The molecule has 2 aliphatic heterocycles. The van der Waals surface area contributed by atoms with Crippen molar-refractivity contribution < 1.29 is 9.53 Å². The first-order valence-corrected chi connectivity index (χ1v) is 9.24. The van der Waals surface area contributed by atoms with Gasteiger partial charge in [0.15, 0.2) is 0 Å². The van der Waals surface area contributed by atoms with Gasteiger partial charge in [-0.05, 0) is 57.8 Å². The SMILES string of the molecule is Cc1cccc(C2CCN(CCNC(=O)C3CCOCC3)CC2)n1. The fraction of sp³-hybridized carbons (Fsp3) is 0.684. The average molecular weight is 331 g/mol. The van der Waals surface area contributed by atoms with Gasteiger partial charge in [-0.1, -0.05) is 6.07 Å². The topological polar surface area (TPSA) is 54.5 Å². The second-order valence-corrected chi connectivity index (χ2v) is 7.00. The van der Waals surface area contributed by atoms with Crippen molar-refractivity contribution in [1.29, 1.82) is 0 Å². The van der Waals surface area contributed by atoms with Crippen molar-refractivity contribution in [2.45, 2.75) is 38.5 Å². The highest BCUT2D eigenvalue weighted by atomic mass is 16.5. The second-order valence-electron chi connectivity index (χ2n) is 7.00. The summed E-state index contributed by atoms with van der Waals surface area (Å²) in [4.78, 5) is 19.2. The molecule has 0 unspecified atom stereocenters. The summed E-state index contributed by atoms with van der Waals surface area (Å²) < 4.78 is 5.31. The van der Waals surface area contributed by atoms with Crippen LogP contribution in [0.25, 0.3) is 0 Å². The van der Waals surface area contributed by atoms with Gasteiger partial charge >= 0.3 is 0 Å². The molecule has 0 atom stereocenters. The summed E-state index contributed by atoms with van der Waals surface area (Å²) in [6.45, 7) is 7.38. The molecule has 5 nitrogen and oxygen atoms in total. The van der Waals surface area contributed by atoms with Crippen molar-refractivity contribution >= 4 is 5.91 Å². The van der Waals surface area contributed by atoms with E-state index >= 15 is 0 Å². The summed E-state index contributed by atoms with van der Waals surface area (Å²) >= 11 is 0. The summed E-state index contributed by atoms with van der Waals surface area (Å²) in [6, 6.07) is 6.32. The van der Waals surface area contributed by atoms with Crippen LogP contribution in [0.15, 0.2) is 18.2 Å². The molecule has 2 aliphatic rings. The standard InChI is InChI=1S/C19H29N3O2/c1-15-3-2-4-18(21-15)16-5-10-22(11-6-16)12-9-20-19(23)17-7-13-24-14-8-17/h2-4,16-17H,5-14H2,1H3,(H,20,23). The van der Waals surface area contributed by atoms with Crippen LogP contribution >= 0.6 is 0 Å². The second kappa shape index (κ2) is 8.58. The number of carbonyl (C=O) groups is 1. The first kappa shape index (κ1) is 17.4. The lowest BCUT2D eigenvalue weighted by Gasteiger charge is -2.32. The molecule has 2 fully saturated rings. The van der Waals surface area contributed by atoms with Crippen LogP contribution in [0, 0.1) is 12.8 Å². The van der Waals surface area contributed by atoms with Gasteiger partial charge in [0.2, 0.25) is 5.91 Å². The molecule has 0 aliphatic carbocycles. The van der Waals surface area contributed by atoms with Gasteiger partial charge in [0, 0.05) is 49.5 Å². The molecule has 0 bridgehead atoms. The molecule has 1 aromatic rings. The lowest BCUT2D eigenvalue weighted by Crippen LogP contribution is -2.41. The Morgan fingerprint density at radius 1 is 1.25 bits per heavy atom. The van der Waals surface area contributed by atoms with Crippen LogP contribution in [0.1, 0.15) is 43.0 Å². The van der Waals surface area contributed by atoms with Gasteiger partial charge < -0.3 is 15.0 Å². The minimum absolute atomic E-state index is 0.150. The number of piperidine rings is 1. The lowest BCUT2D eigenvalue weighted by molar-refractivity contribution is -0.127. The lowest BCUT2D eigenvalue weighted by atomic mass is 9.93. The van der Waals surface area contributed by atoms with E-state index in [1.165, 1.54) is 5.69 Å². The maximum absolute atomic E-state index is 12.1. The number of nitrogens with zero attached hydrogens (tertiary/aromatic N) is 2. The van der Waals surface area contributed by atoms with Crippen LogP contribution < -0.4 is 5.32 Å². The van der Waals surface area contributed by atoms with Crippen LogP contribution in [0.3, 0.4) is 0 Å². The van der Waals surface area contributed by atoms with E-state index in [0.717, 1.165) is 70.8 Å². The molecule has 0 spiro atoms. The normalized spacial score (nSPS) is 20.9. The molecule has 1 aromatic heterocycles. The molecule has 3 rings (SSSR count). The molecule has 1 amide bonds. The first-order valence-electron chi connectivity index (χ1n) is 9.24. The molecular weight excluding hydrogens is 302 g/mol. The molecular formula is C19H29N3O2. The number of aryl methyl sites for hydroxylation is 1. The Morgan fingerprint density at radius 3 is 2.71 bits per heavy atom. The van der Waals surface area contributed by atoms with Gasteiger partial charge in [-0.15, -0.1) is 0 Å². The first-order chi connectivity index (χ1) is 11.7. The zero-order chi connectivity index (χ0) is 16.8. The van der Waals surface area contributed by atoms with Crippen molar-refractivity contribution in [3.8, 4) is 0 Å². The number of hydrogen-bond acceptors (Lipinski definition) is 4. The maximum Gasteiger partial charge on any atom is 0.223 e. The monoisotopic (exact) mass is 331 g/mol. The van der Waals surface area contributed by atoms with Crippen LogP contribution in [-0.2, 0) is 9.53 Å². The van der Waals surface area contributed by atoms with E-state index in [-0.39, 0.29) is 11.8 Å². The van der Waals surface area contributed by atoms with E-state index in [0.29, 0.717) is 5.92 Å². The highest BCUT2D eigenvalue weighted by molar-refractivity contribution is 5.78. The Labute approximate surface area is 144 Å². The number of ether oxygens (including phenoxy) is 1. The Balaban J connectivity index is 1.36. The summed E-state index contributed by atoms with van der Waals surface area (Å²) in [5.74, 6) is 0.937. The van der Waals surface area contributed by atoms with Gasteiger partial charge in [0.05, 0.1) is 0 Å². The molecule has 132 valence electrons. The predicted octanol–water partition coefficient (Wildman–Crippen LogP) is 2.11. The number of rotatable bonds is 5. The van der Waals surface area contributed by atoms with E-state index in [9.17, 15) is 4.79 Å². The fourth-order valence-corrected chi connectivity index (χ4v) is 3.69. The fourth-order valence-electron chi connectivity index (χ4n) is 3.69. The zero-order valence-corrected chi connectivity index (χ0v) is 14.7. The minimum Gasteiger partial charge on any atom is -0.381 e. The number of aromatic nitrogens is 1. The molecule has 5 heteroatoms. The van der Waals surface area contributed by atoms with Crippen molar-refractivity contribution in [2.24, 2.45) is 5.92 Å². The molecule has 1 N–H and O–H groups in total. The van der Waals surface area contributed by atoms with E-state index in [2.05, 4.69) is 40.3 Å². The zero-order valence-electron chi connectivity index (χ0n) is 14.7. The van der Waals surface area contributed by atoms with Crippen LogP contribution in [0.4, 0.5) is 0 Å². The van der Waals surface area contributed by atoms with Crippen molar-refractivity contribution in [3.63, 3.8) is 0 Å². The van der Waals surface area contributed by atoms with Crippen molar-refractivity contribution in [3.05, 3.63) is 29.6 Å². The van der Waals surface area contributed by atoms with Gasteiger partial charge in [-0.2, -0.15) is 0 Å². The summed E-state index contributed by atoms with van der Waals surface area (Å²) in [5, 5.41) is 3.10. The largest absolute Gasteiger partial charge is 0.381 e. The highest BCUT2D eigenvalue weighted by Gasteiger charge is 2.23. The number of nitrogens with one attached hydrogen (secondary N) is 1. The third-order valence-corrected chi connectivity index (χ3v) is 5.24. The number of amides is 1. The predicted molar refractivity (Wildman–Crippen MR) is 93.9 cm³/mol. The Kier molecular flexibility index (Phi) is 6.21. The summed E-state index contributed by atoms with van der Waals surface area (Å²) in [6.07, 6.45) is 4.04. The van der Waals surface area contributed by atoms with Gasteiger partial charge in [0.1, 0.15) is 0 Å². The quantitative estimate of drug-likeness (QED) is 0.898. The number of hydrogen-bond donors (Lipinski definition) is 1. The van der Waals surface area contributed by atoms with E-state index in [4.69, 9.17) is 4.74 Å². The Morgan fingerprint density at radius 2 is 2.00 bits per heavy atom. The number of likely N-dealkylation sites (tertiary alicyclic amines) is 1. The van der Waals surface area contributed by atoms with Gasteiger partial charge in [-0.3, -0.25) is 9.78 Å². The van der Waals surface area contributed by atoms with Crippen LogP contribution in [-0.4, -0.2) is 55.2 Å². The third kappa shape index (κ3) is 4.77. The van der Waals surface area contributed by atoms with E-state index < -0.39 is 0 Å². The molecule has 0 aromatic carbocycles. The Hall–Kier alpha value is -1.46. The summed E-state index contributed by atoms with van der Waals surface area (Å²) in [7, 11) is 0.